The topological polar surface area (TPSA) is 83.5 Å². The second kappa shape index (κ2) is 11.6. The van der Waals surface area contributed by atoms with Crippen LogP contribution < -0.4 is 14.8 Å². The van der Waals surface area contributed by atoms with E-state index in [9.17, 15) is 9.59 Å². The molecule has 1 N–H and O–H groups in total. The lowest BCUT2D eigenvalue weighted by Crippen LogP contribution is -2.55. The maximum absolute atomic E-state index is 14.3. The largest absolute Gasteiger partial charge is 0.497 e. The quantitative estimate of drug-likeness (QED) is 0.534. The SMILES string of the molecule is CCOc1cc(OC)ccc1C1=N[C@H](CC2CCCC2)[C@H](c2ccc(Cl)cc2)N1C(=O)N1CCNC(=O)C1. The summed E-state index contributed by atoms with van der Waals surface area (Å²) in [6.07, 6.45) is 5.72. The highest BCUT2D eigenvalue weighted by Crippen LogP contribution is 2.42. The highest BCUT2D eigenvalue weighted by molar-refractivity contribution is 6.30. The molecular formula is C29H35ClN4O4. The molecule has 202 valence electrons. The van der Waals surface area contributed by atoms with Gasteiger partial charge in [0.2, 0.25) is 5.91 Å². The Morgan fingerprint density at radius 2 is 1.92 bits per heavy atom. The molecule has 8 nitrogen and oxygen atoms in total. The normalized spacial score (nSPS) is 21.9. The Labute approximate surface area is 228 Å². The van der Waals surface area contributed by atoms with Gasteiger partial charge in [-0.3, -0.25) is 14.7 Å². The van der Waals surface area contributed by atoms with Gasteiger partial charge in [0.15, 0.2) is 0 Å². The van der Waals surface area contributed by atoms with Crippen LogP contribution in [0, 0.1) is 5.92 Å². The van der Waals surface area contributed by atoms with Crippen LogP contribution in [0.5, 0.6) is 11.5 Å². The summed E-state index contributed by atoms with van der Waals surface area (Å²) in [6, 6.07) is 12.6. The zero-order valence-electron chi connectivity index (χ0n) is 22.0. The van der Waals surface area contributed by atoms with Crippen LogP contribution in [0.25, 0.3) is 0 Å². The molecule has 0 bridgehead atoms. The van der Waals surface area contributed by atoms with E-state index >= 15 is 0 Å². The molecule has 38 heavy (non-hydrogen) atoms. The molecule has 2 heterocycles. The summed E-state index contributed by atoms with van der Waals surface area (Å²) >= 11 is 6.25. The molecule has 1 saturated carbocycles. The third-order valence-corrected chi connectivity index (χ3v) is 7.92. The number of carbonyl (C=O) groups is 2. The first kappa shape index (κ1) is 26.4. The molecule has 2 aliphatic heterocycles. The Morgan fingerprint density at radius 1 is 1.16 bits per heavy atom. The fraction of sp³-hybridized carbons (Fsp3) is 0.483. The Kier molecular flexibility index (Phi) is 8.07. The van der Waals surface area contributed by atoms with E-state index in [1.807, 2.05) is 49.4 Å². The summed E-state index contributed by atoms with van der Waals surface area (Å²) in [5.74, 6) is 2.24. The van der Waals surface area contributed by atoms with Gasteiger partial charge in [-0.15, -0.1) is 0 Å². The number of carbonyl (C=O) groups excluding carboxylic acids is 2. The van der Waals surface area contributed by atoms with Crippen molar-refractivity contribution in [2.45, 2.75) is 51.1 Å². The van der Waals surface area contributed by atoms with Crippen molar-refractivity contribution in [1.29, 1.82) is 0 Å². The Balaban J connectivity index is 1.62. The Bertz CT molecular complexity index is 1200. The van der Waals surface area contributed by atoms with Gasteiger partial charge in [0.05, 0.1) is 31.4 Å². The van der Waals surface area contributed by atoms with E-state index in [0.29, 0.717) is 48.0 Å². The maximum Gasteiger partial charge on any atom is 0.326 e. The predicted molar refractivity (Wildman–Crippen MR) is 147 cm³/mol. The van der Waals surface area contributed by atoms with Gasteiger partial charge < -0.3 is 19.7 Å². The number of urea groups is 1. The molecule has 1 aliphatic carbocycles. The number of halogens is 1. The fourth-order valence-corrected chi connectivity index (χ4v) is 5.97. The Hall–Kier alpha value is -3.26. The first-order valence-corrected chi connectivity index (χ1v) is 13.9. The van der Waals surface area contributed by atoms with Crippen LogP contribution in [0.15, 0.2) is 47.5 Å². The van der Waals surface area contributed by atoms with Crippen molar-refractivity contribution in [2.75, 3.05) is 33.4 Å². The lowest BCUT2D eigenvalue weighted by Gasteiger charge is -2.36. The molecule has 0 spiro atoms. The zero-order valence-corrected chi connectivity index (χ0v) is 22.7. The van der Waals surface area contributed by atoms with E-state index in [2.05, 4.69) is 5.32 Å². The molecule has 3 aliphatic rings. The van der Waals surface area contributed by atoms with Crippen molar-refractivity contribution in [3.05, 3.63) is 58.6 Å². The zero-order chi connectivity index (χ0) is 26.6. The van der Waals surface area contributed by atoms with E-state index in [1.165, 1.54) is 25.7 Å². The molecule has 3 amide bonds. The molecule has 2 aromatic carbocycles. The van der Waals surface area contributed by atoms with Gasteiger partial charge in [-0.2, -0.15) is 0 Å². The summed E-state index contributed by atoms with van der Waals surface area (Å²) < 4.78 is 11.5. The van der Waals surface area contributed by atoms with Crippen LogP contribution in [-0.2, 0) is 4.79 Å². The van der Waals surface area contributed by atoms with E-state index in [0.717, 1.165) is 17.5 Å². The van der Waals surface area contributed by atoms with Crippen molar-refractivity contribution >= 4 is 29.4 Å². The van der Waals surface area contributed by atoms with Gasteiger partial charge >= 0.3 is 6.03 Å². The van der Waals surface area contributed by atoms with E-state index in [4.69, 9.17) is 26.1 Å². The average molecular weight is 539 g/mol. The predicted octanol–water partition coefficient (Wildman–Crippen LogP) is 5.05. The molecule has 2 fully saturated rings. The minimum Gasteiger partial charge on any atom is -0.497 e. The number of amides is 3. The summed E-state index contributed by atoms with van der Waals surface area (Å²) in [5, 5.41) is 3.45. The number of amidine groups is 1. The van der Waals surface area contributed by atoms with E-state index < -0.39 is 0 Å². The number of ether oxygens (including phenoxy) is 2. The van der Waals surface area contributed by atoms with Crippen molar-refractivity contribution in [2.24, 2.45) is 10.9 Å². The summed E-state index contributed by atoms with van der Waals surface area (Å²) in [5.41, 5.74) is 1.70. The monoisotopic (exact) mass is 538 g/mol. The van der Waals surface area contributed by atoms with Crippen molar-refractivity contribution in [1.82, 2.24) is 15.1 Å². The molecule has 2 atom stereocenters. The number of methoxy groups -OCH3 is 1. The van der Waals surface area contributed by atoms with E-state index in [-0.39, 0.29) is 30.6 Å². The van der Waals surface area contributed by atoms with Crippen LogP contribution >= 0.6 is 11.6 Å². The van der Waals surface area contributed by atoms with Crippen LogP contribution in [-0.4, -0.2) is 67.0 Å². The van der Waals surface area contributed by atoms with Crippen molar-refractivity contribution in [3.63, 3.8) is 0 Å². The molecular weight excluding hydrogens is 504 g/mol. The molecule has 0 aromatic heterocycles. The summed E-state index contributed by atoms with van der Waals surface area (Å²) in [4.78, 5) is 35.1. The number of rotatable bonds is 7. The summed E-state index contributed by atoms with van der Waals surface area (Å²) in [6.45, 7) is 3.27. The lowest BCUT2D eigenvalue weighted by atomic mass is 9.90. The van der Waals surface area contributed by atoms with Gasteiger partial charge in [0.25, 0.3) is 0 Å². The maximum atomic E-state index is 14.3. The number of nitrogens with zero attached hydrogens (tertiary/aromatic N) is 3. The van der Waals surface area contributed by atoms with Gasteiger partial charge in [0, 0.05) is 24.2 Å². The lowest BCUT2D eigenvalue weighted by molar-refractivity contribution is -0.123. The van der Waals surface area contributed by atoms with Crippen LogP contribution in [0.2, 0.25) is 5.02 Å². The minimum absolute atomic E-state index is 0.0180. The number of nitrogens with one attached hydrogen (secondary N) is 1. The van der Waals surface area contributed by atoms with Crippen LogP contribution in [0.3, 0.4) is 0 Å². The van der Waals surface area contributed by atoms with Crippen LogP contribution in [0.4, 0.5) is 4.79 Å². The molecule has 2 aromatic rings. The molecule has 1 saturated heterocycles. The second-order valence-electron chi connectivity index (χ2n) is 10.1. The molecule has 5 rings (SSSR count). The number of hydrogen-bond donors (Lipinski definition) is 1. The number of aliphatic imine (C=N–C) groups is 1. The van der Waals surface area contributed by atoms with Gasteiger partial charge in [-0.1, -0.05) is 49.4 Å². The van der Waals surface area contributed by atoms with Crippen LogP contribution in [0.1, 0.15) is 56.2 Å². The third-order valence-electron chi connectivity index (χ3n) is 7.66. The van der Waals surface area contributed by atoms with Crippen molar-refractivity contribution < 1.29 is 19.1 Å². The fourth-order valence-electron chi connectivity index (χ4n) is 5.85. The minimum atomic E-state index is -0.322. The standard InChI is InChI=1S/C29H35ClN4O4/c1-3-38-25-17-22(37-2)12-13-23(25)28-32-24(16-19-6-4-5-7-19)27(20-8-10-21(30)11-9-20)34(28)29(36)33-15-14-31-26(35)18-33/h8-13,17,19,24,27H,3-7,14-16,18H2,1-2H3,(H,31,35)/t24-,27+/m1/s1. The second-order valence-corrected chi connectivity index (χ2v) is 10.6. The average Bonchev–Trinajstić information content (AvgIpc) is 3.57. The summed E-state index contributed by atoms with van der Waals surface area (Å²) in [7, 11) is 1.61. The van der Waals surface area contributed by atoms with Gasteiger partial charge in [0.1, 0.15) is 23.9 Å². The number of benzene rings is 2. The first-order valence-electron chi connectivity index (χ1n) is 13.5. The highest BCUT2D eigenvalue weighted by atomic mass is 35.5. The molecule has 0 radical (unpaired) electrons. The number of piperazine rings is 1. The van der Waals surface area contributed by atoms with Gasteiger partial charge in [-0.25, -0.2) is 4.79 Å². The van der Waals surface area contributed by atoms with Crippen molar-refractivity contribution in [3.8, 4) is 11.5 Å². The first-order chi connectivity index (χ1) is 18.5. The highest BCUT2D eigenvalue weighted by Gasteiger charge is 2.45. The van der Waals surface area contributed by atoms with E-state index in [1.54, 1.807) is 16.9 Å². The molecule has 9 heteroatoms. The smallest absolute Gasteiger partial charge is 0.326 e. The third kappa shape index (κ3) is 5.46. The number of hydrogen-bond acceptors (Lipinski definition) is 5. The molecule has 0 unspecified atom stereocenters. The van der Waals surface area contributed by atoms with Gasteiger partial charge in [-0.05, 0) is 49.1 Å². The Morgan fingerprint density at radius 3 is 2.61 bits per heavy atom.